The molecule has 1 saturated heterocycles. The standard InChI is InChI=1S/C28H37N3O2/c1-26(2,3)21-9-7-20(8-10-21)24-19-28(33-30-24)15-17-31(18-16-28)25(32)29-23-13-11-22(12-14-23)27(4,5)6/h7-14,19,30H,15-18H2,1-6H3,(H,29,32). The van der Waals surface area contributed by atoms with E-state index in [1.54, 1.807) is 0 Å². The predicted molar refractivity (Wildman–Crippen MR) is 135 cm³/mol. The number of hydrogen-bond acceptors (Lipinski definition) is 3. The second-order valence-corrected chi connectivity index (χ2v) is 11.4. The number of carbonyl (C=O) groups excluding carboxylic acids is 1. The average molecular weight is 448 g/mol. The molecule has 5 heteroatoms. The first-order valence-electron chi connectivity index (χ1n) is 11.9. The second-order valence-electron chi connectivity index (χ2n) is 11.4. The maximum atomic E-state index is 12.8. The molecule has 0 aliphatic carbocycles. The largest absolute Gasteiger partial charge is 0.324 e. The highest BCUT2D eigenvalue weighted by Gasteiger charge is 2.40. The molecule has 0 radical (unpaired) electrons. The topological polar surface area (TPSA) is 53.6 Å². The molecule has 33 heavy (non-hydrogen) atoms. The maximum Gasteiger partial charge on any atom is 0.321 e. The summed E-state index contributed by atoms with van der Waals surface area (Å²) in [6.45, 7) is 14.5. The fraction of sp³-hybridized carbons (Fsp3) is 0.464. The van der Waals surface area contributed by atoms with Crippen molar-refractivity contribution in [3.8, 4) is 0 Å². The molecule has 0 aromatic heterocycles. The van der Waals surface area contributed by atoms with Crippen molar-refractivity contribution < 1.29 is 9.63 Å². The number of hydrogen-bond donors (Lipinski definition) is 2. The molecule has 1 spiro atoms. The number of benzene rings is 2. The average Bonchev–Trinajstić information content (AvgIpc) is 3.17. The van der Waals surface area contributed by atoms with Gasteiger partial charge in [0.25, 0.3) is 0 Å². The maximum absolute atomic E-state index is 12.8. The fourth-order valence-electron chi connectivity index (χ4n) is 4.36. The molecule has 2 aromatic carbocycles. The van der Waals surface area contributed by atoms with Gasteiger partial charge >= 0.3 is 6.03 Å². The molecule has 2 aromatic rings. The molecule has 2 amide bonds. The summed E-state index contributed by atoms with van der Waals surface area (Å²) < 4.78 is 0. The van der Waals surface area contributed by atoms with Crippen molar-refractivity contribution >= 4 is 17.4 Å². The monoisotopic (exact) mass is 447 g/mol. The van der Waals surface area contributed by atoms with E-state index in [1.165, 1.54) is 11.1 Å². The summed E-state index contributed by atoms with van der Waals surface area (Å²) in [4.78, 5) is 20.7. The molecule has 5 nitrogen and oxygen atoms in total. The minimum absolute atomic E-state index is 0.0544. The Bertz CT molecular complexity index is 1020. The Kier molecular flexibility index (Phi) is 6.04. The van der Waals surface area contributed by atoms with Gasteiger partial charge in [-0.3, -0.25) is 10.3 Å². The van der Waals surface area contributed by atoms with Crippen molar-refractivity contribution in [2.24, 2.45) is 0 Å². The van der Waals surface area contributed by atoms with Gasteiger partial charge in [-0.15, -0.1) is 0 Å². The predicted octanol–water partition coefficient (Wildman–Crippen LogP) is 6.22. The van der Waals surface area contributed by atoms with Crippen molar-refractivity contribution in [1.29, 1.82) is 0 Å². The molecule has 2 N–H and O–H groups in total. The second kappa shape index (κ2) is 8.53. The third-order valence-electron chi connectivity index (χ3n) is 6.73. The molecular formula is C28H37N3O2. The Labute approximate surface area is 198 Å². The minimum Gasteiger partial charge on any atom is -0.324 e. The number of hydroxylamine groups is 1. The smallest absolute Gasteiger partial charge is 0.321 e. The van der Waals surface area contributed by atoms with Crippen LogP contribution in [0.4, 0.5) is 10.5 Å². The zero-order chi connectivity index (χ0) is 23.9. The third-order valence-corrected chi connectivity index (χ3v) is 6.73. The zero-order valence-electron chi connectivity index (χ0n) is 20.8. The molecule has 0 saturated carbocycles. The Morgan fingerprint density at radius 3 is 1.91 bits per heavy atom. The molecule has 176 valence electrons. The summed E-state index contributed by atoms with van der Waals surface area (Å²) in [7, 11) is 0. The Hall–Kier alpha value is -2.79. The van der Waals surface area contributed by atoms with Gasteiger partial charge in [0, 0.05) is 31.6 Å². The van der Waals surface area contributed by atoms with Crippen molar-refractivity contribution in [1.82, 2.24) is 10.4 Å². The number of nitrogens with one attached hydrogen (secondary N) is 2. The van der Waals surface area contributed by atoms with Crippen LogP contribution in [0, 0.1) is 0 Å². The van der Waals surface area contributed by atoms with Crippen molar-refractivity contribution in [3.63, 3.8) is 0 Å². The van der Waals surface area contributed by atoms with Crippen LogP contribution in [-0.2, 0) is 15.7 Å². The van der Waals surface area contributed by atoms with Crippen LogP contribution in [0.2, 0.25) is 0 Å². The van der Waals surface area contributed by atoms with Crippen LogP contribution in [0.1, 0.15) is 71.1 Å². The molecule has 2 aliphatic heterocycles. The number of carbonyl (C=O) groups is 1. The Balaban J connectivity index is 1.35. The summed E-state index contributed by atoms with van der Waals surface area (Å²) in [6, 6.07) is 16.7. The van der Waals surface area contributed by atoms with E-state index in [4.69, 9.17) is 4.84 Å². The summed E-state index contributed by atoms with van der Waals surface area (Å²) in [5.74, 6) is 0. The molecule has 0 unspecified atom stereocenters. The van der Waals surface area contributed by atoms with Crippen LogP contribution in [0.15, 0.2) is 54.6 Å². The van der Waals surface area contributed by atoms with E-state index in [2.05, 4.69) is 94.8 Å². The third kappa shape index (κ3) is 5.25. The van der Waals surface area contributed by atoms with Gasteiger partial charge in [-0.1, -0.05) is 77.9 Å². The normalized spacial score (nSPS) is 18.1. The van der Waals surface area contributed by atoms with Crippen molar-refractivity contribution in [2.45, 2.75) is 70.8 Å². The lowest BCUT2D eigenvalue weighted by atomic mass is 9.86. The van der Waals surface area contributed by atoms with Crippen LogP contribution < -0.4 is 10.8 Å². The molecule has 2 heterocycles. The number of likely N-dealkylation sites (tertiary alicyclic amines) is 1. The number of nitrogens with zero attached hydrogens (tertiary/aromatic N) is 1. The van der Waals surface area contributed by atoms with E-state index in [1.807, 2.05) is 17.0 Å². The highest BCUT2D eigenvalue weighted by Crippen LogP contribution is 2.35. The molecule has 2 aliphatic rings. The van der Waals surface area contributed by atoms with Gasteiger partial charge in [0.15, 0.2) is 0 Å². The molecule has 0 atom stereocenters. The molecule has 4 rings (SSSR count). The first-order chi connectivity index (χ1) is 15.5. The van der Waals surface area contributed by atoms with E-state index >= 15 is 0 Å². The van der Waals surface area contributed by atoms with Gasteiger partial charge < -0.3 is 10.2 Å². The van der Waals surface area contributed by atoms with Crippen LogP contribution in [-0.4, -0.2) is 29.6 Å². The summed E-state index contributed by atoms with van der Waals surface area (Å²) >= 11 is 0. The van der Waals surface area contributed by atoms with Gasteiger partial charge in [0.05, 0.1) is 5.70 Å². The summed E-state index contributed by atoms with van der Waals surface area (Å²) in [6.07, 6.45) is 3.72. The first-order valence-corrected chi connectivity index (χ1v) is 11.9. The fourth-order valence-corrected chi connectivity index (χ4v) is 4.36. The van der Waals surface area contributed by atoms with Gasteiger partial charge in [-0.05, 0) is 45.7 Å². The number of piperidine rings is 1. The minimum atomic E-state index is -0.358. The summed E-state index contributed by atoms with van der Waals surface area (Å²) in [5.41, 5.74) is 8.53. The lowest BCUT2D eigenvalue weighted by Gasteiger charge is -2.36. The van der Waals surface area contributed by atoms with Crippen LogP contribution >= 0.6 is 0 Å². The Morgan fingerprint density at radius 2 is 1.39 bits per heavy atom. The lowest BCUT2D eigenvalue weighted by Crippen LogP contribution is -2.48. The number of urea groups is 1. The van der Waals surface area contributed by atoms with E-state index in [0.717, 1.165) is 29.8 Å². The molecule has 0 bridgehead atoms. The zero-order valence-corrected chi connectivity index (χ0v) is 20.8. The highest BCUT2D eigenvalue weighted by molar-refractivity contribution is 5.89. The van der Waals surface area contributed by atoms with E-state index in [0.29, 0.717) is 13.1 Å². The van der Waals surface area contributed by atoms with E-state index in [-0.39, 0.29) is 22.5 Å². The van der Waals surface area contributed by atoms with E-state index < -0.39 is 0 Å². The SMILES string of the molecule is CC(C)(C)c1ccc(NC(=O)N2CCC3(C=C(c4ccc(C(C)(C)C)cc4)NO3)CC2)cc1. The van der Waals surface area contributed by atoms with Crippen molar-refractivity contribution in [3.05, 3.63) is 71.3 Å². The van der Waals surface area contributed by atoms with Gasteiger partial charge in [0.1, 0.15) is 5.60 Å². The van der Waals surface area contributed by atoms with E-state index in [9.17, 15) is 4.79 Å². The number of rotatable bonds is 2. The molecular weight excluding hydrogens is 410 g/mol. The number of amides is 2. The van der Waals surface area contributed by atoms with Crippen LogP contribution in [0.25, 0.3) is 5.70 Å². The number of anilines is 1. The van der Waals surface area contributed by atoms with Crippen LogP contribution in [0.5, 0.6) is 0 Å². The van der Waals surface area contributed by atoms with Gasteiger partial charge in [0.2, 0.25) is 0 Å². The molecule has 1 fully saturated rings. The summed E-state index contributed by atoms with van der Waals surface area (Å²) in [5, 5.41) is 3.04. The quantitative estimate of drug-likeness (QED) is 0.574. The highest BCUT2D eigenvalue weighted by atomic mass is 16.7. The van der Waals surface area contributed by atoms with Gasteiger partial charge in [-0.2, -0.15) is 0 Å². The first kappa shape index (κ1) is 23.4. The Morgan fingerprint density at radius 1 is 0.879 bits per heavy atom. The van der Waals surface area contributed by atoms with Crippen molar-refractivity contribution in [2.75, 3.05) is 18.4 Å². The van der Waals surface area contributed by atoms with Crippen LogP contribution in [0.3, 0.4) is 0 Å². The lowest BCUT2D eigenvalue weighted by molar-refractivity contribution is -0.0634. The van der Waals surface area contributed by atoms with Gasteiger partial charge in [-0.25, -0.2) is 4.79 Å².